The summed E-state index contributed by atoms with van der Waals surface area (Å²) in [6, 6.07) is 5.06. The van der Waals surface area contributed by atoms with E-state index < -0.39 is 0 Å². The summed E-state index contributed by atoms with van der Waals surface area (Å²) in [7, 11) is 0. The molecule has 0 heterocycles. The number of anilines is 1. The normalized spacial score (nSPS) is 10.0. The number of rotatable bonds is 4. The van der Waals surface area contributed by atoms with Crippen molar-refractivity contribution in [3.63, 3.8) is 0 Å². The van der Waals surface area contributed by atoms with Crippen LogP contribution in [0, 0.1) is 0 Å². The Morgan fingerprint density at radius 1 is 1.47 bits per heavy atom. The summed E-state index contributed by atoms with van der Waals surface area (Å²) in [4.78, 5) is 10.9. The number of hydrogen-bond donors (Lipinski definition) is 3. The molecule has 1 rings (SSSR count). The van der Waals surface area contributed by atoms with Crippen LogP contribution < -0.4 is 5.32 Å². The molecular formula is C11H15NO3. The number of aliphatic hydroxyl groups excluding tert-OH is 1. The Labute approximate surface area is 88.6 Å². The monoisotopic (exact) mass is 209 g/mol. The third kappa shape index (κ3) is 3.25. The molecule has 4 heteroatoms. The van der Waals surface area contributed by atoms with Gasteiger partial charge in [-0.1, -0.05) is 12.1 Å². The molecule has 1 amide bonds. The van der Waals surface area contributed by atoms with Gasteiger partial charge in [-0.15, -0.1) is 0 Å². The van der Waals surface area contributed by atoms with Crippen molar-refractivity contribution in [2.24, 2.45) is 0 Å². The Bertz CT molecular complexity index is 350. The fraction of sp³-hybridized carbons (Fsp3) is 0.364. The first-order valence-electron chi connectivity index (χ1n) is 4.84. The van der Waals surface area contributed by atoms with Crippen LogP contribution >= 0.6 is 0 Å². The molecule has 82 valence electrons. The topological polar surface area (TPSA) is 69.6 Å². The van der Waals surface area contributed by atoms with Crippen LogP contribution in [-0.2, 0) is 11.2 Å². The van der Waals surface area contributed by atoms with Crippen LogP contribution in [0.25, 0.3) is 0 Å². The van der Waals surface area contributed by atoms with Crippen LogP contribution in [0.4, 0.5) is 5.69 Å². The molecule has 15 heavy (non-hydrogen) atoms. The predicted molar refractivity (Wildman–Crippen MR) is 57.8 cm³/mol. The molecule has 0 atom stereocenters. The average molecular weight is 209 g/mol. The van der Waals surface area contributed by atoms with Crippen LogP contribution in [0.1, 0.15) is 18.9 Å². The maximum atomic E-state index is 10.9. The van der Waals surface area contributed by atoms with E-state index in [2.05, 4.69) is 5.32 Å². The largest absolute Gasteiger partial charge is 0.506 e. The number of para-hydroxylation sites is 1. The Kier molecular flexibility index (Phi) is 4.12. The number of benzene rings is 1. The van der Waals surface area contributed by atoms with Gasteiger partial charge in [0.15, 0.2) is 0 Å². The third-order valence-corrected chi connectivity index (χ3v) is 2.03. The summed E-state index contributed by atoms with van der Waals surface area (Å²) < 4.78 is 0. The van der Waals surface area contributed by atoms with Gasteiger partial charge in [-0.3, -0.25) is 4.79 Å². The Balaban J connectivity index is 2.92. The maximum Gasteiger partial charge on any atom is 0.221 e. The summed E-state index contributed by atoms with van der Waals surface area (Å²) in [5.41, 5.74) is 1.28. The highest BCUT2D eigenvalue weighted by molar-refractivity contribution is 5.91. The van der Waals surface area contributed by atoms with E-state index >= 15 is 0 Å². The van der Waals surface area contributed by atoms with Gasteiger partial charge in [0.2, 0.25) is 5.91 Å². The molecule has 0 aliphatic heterocycles. The summed E-state index contributed by atoms with van der Waals surface area (Å²) in [6.07, 6.45) is 1.23. The number of aryl methyl sites for hydroxylation is 1. The lowest BCUT2D eigenvalue weighted by molar-refractivity contribution is -0.114. The van der Waals surface area contributed by atoms with E-state index in [4.69, 9.17) is 5.11 Å². The second kappa shape index (κ2) is 5.36. The van der Waals surface area contributed by atoms with Crippen molar-refractivity contribution in [1.29, 1.82) is 0 Å². The minimum atomic E-state index is -0.221. The zero-order valence-corrected chi connectivity index (χ0v) is 8.66. The zero-order chi connectivity index (χ0) is 11.3. The molecular weight excluding hydrogens is 194 g/mol. The van der Waals surface area contributed by atoms with Gasteiger partial charge in [0.1, 0.15) is 5.75 Å². The van der Waals surface area contributed by atoms with E-state index in [9.17, 15) is 9.90 Å². The number of phenolic OH excluding ortho intramolecular Hbond substituents is 1. The molecule has 0 aromatic heterocycles. The summed E-state index contributed by atoms with van der Waals surface area (Å²) in [5, 5.41) is 20.9. The summed E-state index contributed by atoms with van der Waals surface area (Å²) in [5.74, 6) is -0.164. The van der Waals surface area contributed by atoms with Crippen LogP contribution in [0.2, 0.25) is 0 Å². The number of amides is 1. The highest BCUT2D eigenvalue weighted by Gasteiger charge is 2.08. The minimum absolute atomic E-state index is 0.0561. The number of aliphatic hydroxyl groups is 1. The van der Waals surface area contributed by atoms with E-state index in [-0.39, 0.29) is 18.3 Å². The van der Waals surface area contributed by atoms with Crippen molar-refractivity contribution >= 4 is 11.6 Å². The van der Waals surface area contributed by atoms with Crippen molar-refractivity contribution in [3.05, 3.63) is 23.8 Å². The van der Waals surface area contributed by atoms with Gasteiger partial charge in [0, 0.05) is 13.5 Å². The van der Waals surface area contributed by atoms with Crippen molar-refractivity contribution in [1.82, 2.24) is 0 Å². The molecule has 0 saturated heterocycles. The van der Waals surface area contributed by atoms with E-state index in [0.717, 1.165) is 5.56 Å². The van der Waals surface area contributed by atoms with Crippen molar-refractivity contribution in [2.75, 3.05) is 11.9 Å². The van der Waals surface area contributed by atoms with Crippen molar-refractivity contribution < 1.29 is 15.0 Å². The molecule has 4 nitrogen and oxygen atoms in total. The first-order chi connectivity index (χ1) is 7.15. The second-order valence-electron chi connectivity index (χ2n) is 3.32. The number of nitrogens with one attached hydrogen (secondary N) is 1. The summed E-state index contributed by atoms with van der Waals surface area (Å²) in [6.45, 7) is 1.48. The molecule has 0 unspecified atom stereocenters. The molecule has 0 saturated carbocycles. The minimum Gasteiger partial charge on any atom is -0.506 e. The molecule has 0 fully saturated rings. The molecule has 3 N–H and O–H groups in total. The maximum absolute atomic E-state index is 10.9. The molecule has 1 aromatic carbocycles. The van der Waals surface area contributed by atoms with E-state index in [1.54, 1.807) is 6.07 Å². The van der Waals surface area contributed by atoms with Crippen molar-refractivity contribution in [2.45, 2.75) is 19.8 Å². The fourth-order valence-electron chi connectivity index (χ4n) is 1.38. The van der Waals surface area contributed by atoms with Crippen LogP contribution in [0.15, 0.2) is 18.2 Å². The quantitative estimate of drug-likeness (QED) is 0.654. The van der Waals surface area contributed by atoms with E-state index in [1.807, 2.05) is 6.07 Å². The van der Waals surface area contributed by atoms with Gasteiger partial charge in [-0.05, 0) is 24.5 Å². The zero-order valence-electron chi connectivity index (χ0n) is 8.66. The van der Waals surface area contributed by atoms with Gasteiger partial charge in [0.25, 0.3) is 0 Å². The number of hydrogen-bond acceptors (Lipinski definition) is 3. The SMILES string of the molecule is CC(=O)Nc1c(O)cccc1CCCO. The third-order valence-electron chi connectivity index (χ3n) is 2.03. The predicted octanol–water partition coefficient (Wildman–Crippen LogP) is 1.28. The van der Waals surface area contributed by atoms with Crippen molar-refractivity contribution in [3.8, 4) is 5.75 Å². The van der Waals surface area contributed by atoms with Gasteiger partial charge >= 0.3 is 0 Å². The summed E-state index contributed by atoms with van der Waals surface area (Å²) >= 11 is 0. The lowest BCUT2D eigenvalue weighted by Crippen LogP contribution is -2.08. The molecule has 0 aliphatic rings. The first kappa shape index (κ1) is 11.5. The molecule has 0 radical (unpaired) electrons. The lowest BCUT2D eigenvalue weighted by Gasteiger charge is -2.10. The number of aromatic hydroxyl groups is 1. The Morgan fingerprint density at radius 2 is 2.20 bits per heavy atom. The molecule has 1 aromatic rings. The number of phenols is 1. The smallest absolute Gasteiger partial charge is 0.221 e. The van der Waals surface area contributed by atoms with E-state index in [1.165, 1.54) is 13.0 Å². The lowest BCUT2D eigenvalue weighted by atomic mass is 10.1. The second-order valence-corrected chi connectivity index (χ2v) is 3.32. The number of carbonyl (C=O) groups excluding carboxylic acids is 1. The van der Waals surface area contributed by atoms with Gasteiger partial charge < -0.3 is 15.5 Å². The van der Waals surface area contributed by atoms with Crippen LogP contribution in [0.5, 0.6) is 5.75 Å². The van der Waals surface area contributed by atoms with E-state index in [0.29, 0.717) is 18.5 Å². The van der Waals surface area contributed by atoms with Gasteiger partial charge in [-0.25, -0.2) is 0 Å². The Morgan fingerprint density at radius 3 is 2.80 bits per heavy atom. The van der Waals surface area contributed by atoms with Gasteiger partial charge in [-0.2, -0.15) is 0 Å². The van der Waals surface area contributed by atoms with Crippen LogP contribution in [0.3, 0.4) is 0 Å². The van der Waals surface area contributed by atoms with Crippen LogP contribution in [-0.4, -0.2) is 22.7 Å². The highest BCUT2D eigenvalue weighted by Crippen LogP contribution is 2.27. The van der Waals surface area contributed by atoms with Gasteiger partial charge in [0.05, 0.1) is 5.69 Å². The first-order valence-corrected chi connectivity index (χ1v) is 4.84. The highest BCUT2D eigenvalue weighted by atomic mass is 16.3. The Hall–Kier alpha value is -1.55. The molecule has 0 aliphatic carbocycles. The molecule has 0 spiro atoms. The average Bonchev–Trinajstić information content (AvgIpc) is 2.18. The molecule has 0 bridgehead atoms. The number of carbonyl (C=O) groups is 1. The standard InChI is InChI=1S/C11H15NO3/c1-8(14)12-11-9(5-3-7-13)4-2-6-10(11)15/h2,4,6,13,15H,3,5,7H2,1H3,(H,12,14). The fourth-order valence-corrected chi connectivity index (χ4v) is 1.38.